The van der Waals surface area contributed by atoms with Gasteiger partial charge in [-0.05, 0) is 17.7 Å². The van der Waals surface area contributed by atoms with Gasteiger partial charge in [-0.25, -0.2) is 9.48 Å². The van der Waals surface area contributed by atoms with Crippen LogP contribution >= 0.6 is 46.1 Å². The minimum absolute atomic E-state index is 0.128. The predicted molar refractivity (Wildman–Crippen MR) is 106 cm³/mol. The smallest absolute Gasteiger partial charge is 0.341 e. The van der Waals surface area contributed by atoms with Gasteiger partial charge in [0.1, 0.15) is 10.2 Å². The van der Waals surface area contributed by atoms with Crippen LogP contribution in [0, 0.1) is 0 Å². The van der Waals surface area contributed by atoms with Crippen molar-refractivity contribution in [1.29, 1.82) is 0 Å². The predicted octanol–water partition coefficient (Wildman–Crippen LogP) is 4.75. The Hall–Kier alpha value is -2.06. The number of amides is 1. The quantitative estimate of drug-likeness (QED) is 0.557. The molecule has 2 heterocycles. The molecule has 1 N–H and O–H groups in total. The first kappa shape index (κ1) is 19.7. The normalized spacial score (nSPS) is 10.6. The van der Waals surface area contributed by atoms with Crippen molar-refractivity contribution < 1.29 is 14.3 Å². The van der Waals surface area contributed by atoms with Gasteiger partial charge < -0.3 is 10.1 Å². The molecule has 140 valence electrons. The standard InChI is InChI=1S/C17H12Cl3N3O3S/c18-12-4-2-1-3-10(12)8-23-14(5-6-21-23)22-15(24)9-26-17(25)11-7-13(19)27-16(11)20/h1-7H,8-9H2,(H,22,24). The zero-order valence-corrected chi connectivity index (χ0v) is 16.7. The molecule has 6 nitrogen and oxygen atoms in total. The maximum atomic E-state index is 12.1. The van der Waals surface area contributed by atoms with E-state index >= 15 is 0 Å². The fourth-order valence-electron chi connectivity index (χ4n) is 2.22. The van der Waals surface area contributed by atoms with Crippen molar-refractivity contribution in [2.24, 2.45) is 0 Å². The van der Waals surface area contributed by atoms with Crippen molar-refractivity contribution in [1.82, 2.24) is 9.78 Å². The van der Waals surface area contributed by atoms with Gasteiger partial charge in [0.25, 0.3) is 5.91 Å². The lowest BCUT2D eigenvalue weighted by molar-refractivity contribution is -0.119. The van der Waals surface area contributed by atoms with E-state index < -0.39 is 18.5 Å². The minimum atomic E-state index is -0.720. The molecule has 0 unspecified atom stereocenters. The molecule has 0 saturated carbocycles. The largest absolute Gasteiger partial charge is 0.452 e. The topological polar surface area (TPSA) is 73.2 Å². The van der Waals surface area contributed by atoms with Gasteiger partial charge in [0, 0.05) is 11.1 Å². The van der Waals surface area contributed by atoms with Gasteiger partial charge in [-0.1, -0.05) is 53.0 Å². The van der Waals surface area contributed by atoms with Crippen LogP contribution in [0.5, 0.6) is 0 Å². The van der Waals surface area contributed by atoms with E-state index in [1.165, 1.54) is 6.07 Å². The molecule has 2 aromatic heterocycles. The Morgan fingerprint density at radius 3 is 2.67 bits per heavy atom. The Morgan fingerprint density at radius 2 is 1.96 bits per heavy atom. The summed E-state index contributed by atoms with van der Waals surface area (Å²) in [4.78, 5) is 24.1. The Labute approximate surface area is 173 Å². The number of carbonyl (C=O) groups excluding carboxylic acids is 2. The number of benzene rings is 1. The molecular weight excluding hydrogens is 433 g/mol. The molecule has 0 aliphatic carbocycles. The first-order valence-corrected chi connectivity index (χ1v) is 9.56. The molecule has 10 heteroatoms. The lowest BCUT2D eigenvalue weighted by Crippen LogP contribution is -2.22. The molecule has 0 fully saturated rings. The van der Waals surface area contributed by atoms with Crippen LogP contribution in [0.1, 0.15) is 15.9 Å². The lowest BCUT2D eigenvalue weighted by Gasteiger charge is -2.10. The van der Waals surface area contributed by atoms with E-state index in [0.717, 1.165) is 16.9 Å². The number of hydrogen-bond donors (Lipinski definition) is 1. The second-order valence-corrected chi connectivity index (χ2v) is 8.02. The van der Waals surface area contributed by atoms with Gasteiger partial charge in [-0.3, -0.25) is 4.79 Å². The summed E-state index contributed by atoms with van der Waals surface area (Å²) in [6.07, 6.45) is 1.55. The number of halogens is 3. The lowest BCUT2D eigenvalue weighted by atomic mass is 10.2. The van der Waals surface area contributed by atoms with E-state index in [9.17, 15) is 9.59 Å². The average Bonchev–Trinajstić information content (AvgIpc) is 3.20. The molecule has 3 rings (SSSR count). The Kier molecular flexibility index (Phi) is 6.38. The fourth-order valence-corrected chi connectivity index (χ4v) is 3.86. The highest BCUT2D eigenvalue weighted by atomic mass is 35.5. The Bertz CT molecular complexity index is 987. The average molecular weight is 445 g/mol. The maximum absolute atomic E-state index is 12.1. The summed E-state index contributed by atoms with van der Waals surface area (Å²) >= 11 is 18.9. The molecular formula is C17H12Cl3N3O3S. The van der Waals surface area contributed by atoms with Crippen LogP contribution in [-0.2, 0) is 16.1 Å². The summed E-state index contributed by atoms with van der Waals surface area (Å²) in [5.41, 5.74) is 0.983. The summed E-state index contributed by atoms with van der Waals surface area (Å²) < 4.78 is 7.12. The third-order valence-electron chi connectivity index (χ3n) is 3.47. The SMILES string of the molecule is O=C(COC(=O)c1cc(Cl)sc1Cl)Nc1ccnn1Cc1ccccc1Cl. The van der Waals surface area contributed by atoms with Crippen LogP contribution in [0.15, 0.2) is 42.6 Å². The number of esters is 1. The number of hydrogen-bond acceptors (Lipinski definition) is 5. The van der Waals surface area contributed by atoms with E-state index in [0.29, 0.717) is 21.7 Å². The monoisotopic (exact) mass is 443 g/mol. The zero-order valence-electron chi connectivity index (χ0n) is 13.6. The molecule has 1 amide bonds. The van der Waals surface area contributed by atoms with Crippen LogP contribution in [0.2, 0.25) is 13.7 Å². The van der Waals surface area contributed by atoms with Crippen LogP contribution in [-0.4, -0.2) is 28.3 Å². The van der Waals surface area contributed by atoms with Crippen molar-refractivity contribution in [3.05, 3.63) is 67.4 Å². The van der Waals surface area contributed by atoms with E-state index in [-0.39, 0.29) is 9.90 Å². The van der Waals surface area contributed by atoms with E-state index in [4.69, 9.17) is 39.5 Å². The number of carbonyl (C=O) groups is 2. The van der Waals surface area contributed by atoms with Crippen LogP contribution < -0.4 is 5.32 Å². The van der Waals surface area contributed by atoms with Crippen molar-refractivity contribution in [3.8, 4) is 0 Å². The summed E-state index contributed by atoms with van der Waals surface area (Å²) in [6, 6.07) is 10.4. The first-order chi connectivity index (χ1) is 12.9. The van der Waals surface area contributed by atoms with Gasteiger partial charge in [-0.2, -0.15) is 5.10 Å². The molecule has 0 spiro atoms. The highest BCUT2D eigenvalue weighted by Crippen LogP contribution is 2.31. The van der Waals surface area contributed by atoms with Gasteiger partial charge >= 0.3 is 5.97 Å². The highest BCUT2D eigenvalue weighted by molar-refractivity contribution is 7.20. The molecule has 0 radical (unpaired) electrons. The molecule has 1 aromatic carbocycles. The summed E-state index contributed by atoms with van der Waals surface area (Å²) in [7, 11) is 0. The second-order valence-electron chi connectivity index (χ2n) is 5.33. The highest BCUT2D eigenvalue weighted by Gasteiger charge is 2.17. The van der Waals surface area contributed by atoms with Crippen LogP contribution in [0.4, 0.5) is 5.82 Å². The van der Waals surface area contributed by atoms with Gasteiger partial charge in [-0.15, -0.1) is 11.3 Å². The van der Waals surface area contributed by atoms with Crippen molar-refractivity contribution in [3.63, 3.8) is 0 Å². The van der Waals surface area contributed by atoms with Gasteiger partial charge in [0.2, 0.25) is 0 Å². The van der Waals surface area contributed by atoms with Crippen molar-refractivity contribution >= 4 is 63.8 Å². The third-order valence-corrected chi connectivity index (χ3v) is 5.33. The molecule has 0 aliphatic heterocycles. The Balaban J connectivity index is 1.59. The number of nitrogens with one attached hydrogen (secondary N) is 1. The van der Waals surface area contributed by atoms with E-state index in [1.807, 2.05) is 18.2 Å². The van der Waals surface area contributed by atoms with Crippen molar-refractivity contribution in [2.45, 2.75) is 6.54 Å². The molecule has 0 atom stereocenters. The van der Waals surface area contributed by atoms with E-state index in [2.05, 4.69) is 10.4 Å². The number of thiophene rings is 1. The summed E-state index contributed by atoms with van der Waals surface area (Å²) in [6.45, 7) is -0.0923. The van der Waals surface area contributed by atoms with Crippen molar-refractivity contribution in [2.75, 3.05) is 11.9 Å². The third kappa shape index (κ3) is 5.01. The van der Waals surface area contributed by atoms with Gasteiger partial charge in [0.15, 0.2) is 6.61 Å². The molecule has 27 heavy (non-hydrogen) atoms. The molecule has 0 bridgehead atoms. The second kappa shape index (κ2) is 8.75. The number of rotatable bonds is 6. The number of anilines is 1. The maximum Gasteiger partial charge on any atom is 0.341 e. The molecule has 0 aliphatic rings. The molecule has 0 saturated heterocycles. The van der Waals surface area contributed by atoms with Crippen LogP contribution in [0.3, 0.4) is 0 Å². The van der Waals surface area contributed by atoms with E-state index in [1.54, 1.807) is 23.0 Å². The zero-order chi connectivity index (χ0) is 19.4. The number of nitrogens with zero attached hydrogens (tertiary/aromatic N) is 2. The first-order valence-electron chi connectivity index (χ1n) is 7.61. The fraction of sp³-hybridized carbons (Fsp3) is 0.118. The number of ether oxygens (including phenoxy) is 1. The van der Waals surface area contributed by atoms with Gasteiger partial charge in [0.05, 0.1) is 22.6 Å². The number of aromatic nitrogens is 2. The summed E-state index contributed by atoms with van der Waals surface area (Å²) in [5, 5.41) is 7.41. The van der Waals surface area contributed by atoms with Crippen LogP contribution in [0.25, 0.3) is 0 Å². The molecule has 3 aromatic rings. The minimum Gasteiger partial charge on any atom is -0.452 e. The summed E-state index contributed by atoms with van der Waals surface area (Å²) in [5.74, 6) is -0.780. The Morgan fingerprint density at radius 1 is 1.19 bits per heavy atom.